The molecule has 0 radical (unpaired) electrons. The van der Waals surface area contributed by atoms with E-state index in [0.29, 0.717) is 32.4 Å². The molecule has 0 aliphatic carbocycles. The number of furan rings is 1. The zero-order valence-electron chi connectivity index (χ0n) is 17.7. The summed E-state index contributed by atoms with van der Waals surface area (Å²) in [5.41, 5.74) is 0.991. The van der Waals surface area contributed by atoms with Crippen LogP contribution in [0.4, 0.5) is 5.82 Å². The molecule has 0 aliphatic rings. The molecule has 0 atom stereocenters. The zero-order valence-corrected chi connectivity index (χ0v) is 22.3. The first-order valence-electron chi connectivity index (χ1n) is 9.72. The Morgan fingerprint density at radius 2 is 1.91 bits per heavy atom. The summed E-state index contributed by atoms with van der Waals surface area (Å²) in [6.45, 7) is 0.0653. The lowest BCUT2D eigenvalue weighted by atomic mass is 10.1. The molecule has 9 nitrogen and oxygen atoms in total. The standard InChI is InChI=1S/C20H21ClIN3O6S2/c1-23-19(26)16-14-11-15(22)18(25(32(27)28)9-3-4-10-33(2,29)30)24-20(14)31-17(16)12-5-7-13(21)8-6-12/h5-8,11,32H,3-4,9-10H2,1-2H3,(H,23,26). The number of rotatable bonds is 9. The number of nitrogens with one attached hydrogen (secondary N) is 1. The summed E-state index contributed by atoms with van der Waals surface area (Å²) in [6.07, 6.45) is 1.79. The molecule has 178 valence electrons. The Hall–Kier alpha value is -1.90. The SMILES string of the molecule is CNC(=O)c1c(-c2ccc(Cl)cc2)oc2nc(N(CCCCS(C)(=O)=O)[SH](=O)=O)c(I)cc12. The van der Waals surface area contributed by atoms with Crippen molar-refractivity contribution in [2.24, 2.45) is 0 Å². The molecule has 1 N–H and O–H groups in total. The lowest BCUT2D eigenvalue weighted by Crippen LogP contribution is -2.25. The lowest BCUT2D eigenvalue weighted by molar-refractivity contribution is 0.0964. The molecule has 0 saturated carbocycles. The van der Waals surface area contributed by atoms with Crippen LogP contribution in [0.1, 0.15) is 23.2 Å². The fourth-order valence-corrected chi connectivity index (χ4v) is 5.60. The largest absolute Gasteiger partial charge is 0.437 e. The van der Waals surface area contributed by atoms with Crippen molar-refractivity contribution in [2.45, 2.75) is 12.8 Å². The molecule has 0 bridgehead atoms. The Kier molecular flexibility index (Phi) is 8.24. The number of unbranched alkanes of at least 4 members (excludes halogenated alkanes) is 1. The van der Waals surface area contributed by atoms with Crippen LogP contribution >= 0.6 is 34.2 Å². The minimum absolute atomic E-state index is 0.0296. The maximum Gasteiger partial charge on any atom is 0.255 e. The van der Waals surface area contributed by atoms with Crippen LogP contribution in [0.25, 0.3) is 22.4 Å². The van der Waals surface area contributed by atoms with Gasteiger partial charge in [-0.25, -0.2) is 16.8 Å². The van der Waals surface area contributed by atoms with Crippen LogP contribution in [0.3, 0.4) is 0 Å². The van der Waals surface area contributed by atoms with Gasteiger partial charge in [0, 0.05) is 36.2 Å². The molecule has 13 heteroatoms. The van der Waals surface area contributed by atoms with Crippen molar-refractivity contribution in [3.63, 3.8) is 0 Å². The number of nitrogens with zero attached hydrogens (tertiary/aromatic N) is 2. The van der Waals surface area contributed by atoms with Crippen LogP contribution in [-0.2, 0) is 20.7 Å². The van der Waals surface area contributed by atoms with Crippen LogP contribution in [0.2, 0.25) is 5.02 Å². The molecule has 2 heterocycles. The number of hydrogen-bond donors (Lipinski definition) is 2. The predicted molar refractivity (Wildman–Crippen MR) is 137 cm³/mol. The Morgan fingerprint density at radius 3 is 2.48 bits per heavy atom. The summed E-state index contributed by atoms with van der Waals surface area (Å²) in [4.78, 5) is 17.1. The summed E-state index contributed by atoms with van der Waals surface area (Å²) < 4.78 is 54.1. The van der Waals surface area contributed by atoms with Crippen molar-refractivity contribution < 1.29 is 26.0 Å². The highest BCUT2D eigenvalue weighted by atomic mass is 127. The van der Waals surface area contributed by atoms with E-state index in [4.69, 9.17) is 16.0 Å². The molecule has 2 aromatic heterocycles. The van der Waals surface area contributed by atoms with Gasteiger partial charge in [0.15, 0.2) is 5.82 Å². The number of pyridine rings is 1. The number of aromatic nitrogens is 1. The number of halogens is 2. The summed E-state index contributed by atoms with van der Waals surface area (Å²) >= 11 is 7.92. The van der Waals surface area contributed by atoms with Crippen molar-refractivity contribution in [3.05, 3.63) is 44.5 Å². The third-order valence-corrected chi connectivity index (χ3v) is 7.61. The smallest absolute Gasteiger partial charge is 0.255 e. The molecule has 33 heavy (non-hydrogen) atoms. The molecule has 0 spiro atoms. The fraction of sp³-hybridized carbons (Fsp3) is 0.300. The van der Waals surface area contributed by atoms with Gasteiger partial charge in [-0.3, -0.25) is 9.10 Å². The molecule has 0 aliphatic heterocycles. The second-order valence-corrected chi connectivity index (χ2v) is 12.1. The van der Waals surface area contributed by atoms with E-state index in [0.717, 1.165) is 10.6 Å². The number of benzene rings is 1. The van der Waals surface area contributed by atoms with E-state index in [2.05, 4.69) is 10.3 Å². The average molecular weight is 626 g/mol. The fourth-order valence-electron chi connectivity index (χ4n) is 3.22. The van der Waals surface area contributed by atoms with Gasteiger partial charge in [0.1, 0.15) is 15.6 Å². The number of carbonyl (C=O) groups is 1. The minimum atomic E-state index is -3.13. The van der Waals surface area contributed by atoms with Crippen molar-refractivity contribution in [3.8, 4) is 11.3 Å². The normalized spacial score (nSPS) is 11.8. The number of carbonyl (C=O) groups excluding carboxylic acids is 1. The highest BCUT2D eigenvalue weighted by Gasteiger charge is 2.25. The molecular weight excluding hydrogens is 605 g/mol. The van der Waals surface area contributed by atoms with Crippen molar-refractivity contribution in [1.29, 1.82) is 0 Å². The number of anilines is 1. The summed E-state index contributed by atoms with van der Waals surface area (Å²) in [5, 5.41) is 3.55. The van der Waals surface area contributed by atoms with E-state index in [1.54, 1.807) is 30.3 Å². The maximum atomic E-state index is 12.7. The van der Waals surface area contributed by atoms with E-state index >= 15 is 0 Å². The molecule has 1 amide bonds. The molecule has 1 aromatic carbocycles. The van der Waals surface area contributed by atoms with Gasteiger partial charge in [-0.1, -0.05) is 11.6 Å². The quantitative estimate of drug-likeness (QED) is 0.212. The second kappa shape index (κ2) is 10.6. The first-order chi connectivity index (χ1) is 15.5. The van der Waals surface area contributed by atoms with E-state index in [1.165, 1.54) is 7.05 Å². The number of thiol groups is 1. The first-order valence-corrected chi connectivity index (χ1v) is 14.4. The van der Waals surface area contributed by atoms with E-state index in [9.17, 15) is 21.6 Å². The van der Waals surface area contributed by atoms with Gasteiger partial charge in [0.05, 0.1) is 14.5 Å². The lowest BCUT2D eigenvalue weighted by Gasteiger charge is -2.17. The van der Waals surface area contributed by atoms with Crippen LogP contribution < -0.4 is 9.62 Å². The topological polar surface area (TPSA) is 127 Å². The Bertz CT molecular complexity index is 1360. The molecule has 0 fully saturated rings. The molecule has 3 rings (SSSR count). The summed E-state index contributed by atoms with van der Waals surface area (Å²) in [6, 6.07) is 8.40. The van der Waals surface area contributed by atoms with E-state index in [1.807, 2.05) is 22.6 Å². The Labute approximate surface area is 211 Å². The molecule has 0 unspecified atom stereocenters. The number of fused-ring (bicyclic) bond motifs is 1. The number of sulfone groups is 1. The minimum Gasteiger partial charge on any atom is -0.437 e. The monoisotopic (exact) mass is 625 g/mol. The van der Waals surface area contributed by atoms with E-state index in [-0.39, 0.29) is 41.1 Å². The maximum absolute atomic E-state index is 12.7. The summed E-state index contributed by atoms with van der Waals surface area (Å²) in [7, 11) is -4.67. The van der Waals surface area contributed by atoms with Crippen LogP contribution in [0.15, 0.2) is 34.7 Å². The Morgan fingerprint density at radius 1 is 1.24 bits per heavy atom. The van der Waals surface area contributed by atoms with Gasteiger partial charge in [-0.2, -0.15) is 4.98 Å². The van der Waals surface area contributed by atoms with Crippen molar-refractivity contribution >= 4 is 77.7 Å². The highest BCUT2D eigenvalue weighted by molar-refractivity contribution is 14.1. The third kappa shape index (κ3) is 6.16. The zero-order chi connectivity index (χ0) is 24.3. The van der Waals surface area contributed by atoms with E-state index < -0.39 is 20.7 Å². The average Bonchev–Trinajstić information content (AvgIpc) is 3.10. The van der Waals surface area contributed by atoms with Crippen molar-refractivity contribution in [2.75, 3.05) is 29.9 Å². The van der Waals surface area contributed by atoms with Gasteiger partial charge in [0.2, 0.25) is 16.6 Å². The summed E-state index contributed by atoms with van der Waals surface area (Å²) in [5.74, 6) is 0.0284. The third-order valence-electron chi connectivity index (χ3n) is 4.75. The predicted octanol–water partition coefficient (Wildman–Crippen LogP) is 3.27. The highest BCUT2D eigenvalue weighted by Crippen LogP contribution is 2.36. The van der Waals surface area contributed by atoms with Gasteiger partial charge in [-0.15, -0.1) is 0 Å². The van der Waals surface area contributed by atoms with Crippen LogP contribution in [0.5, 0.6) is 0 Å². The second-order valence-electron chi connectivity index (χ2n) is 7.24. The van der Waals surface area contributed by atoms with Gasteiger partial charge >= 0.3 is 0 Å². The molecule has 3 aromatic rings. The van der Waals surface area contributed by atoms with Crippen LogP contribution in [0, 0.1) is 3.57 Å². The van der Waals surface area contributed by atoms with Crippen molar-refractivity contribution in [1.82, 2.24) is 10.3 Å². The molecular formula is C20H21ClIN3O6S2. The van der Waals surface area contributed by atoms with Gasteiger partial charge in [0.25, 0.3) is 5.91 Å². The number of hydrogen-bond acceptors (Lipinski definition) is 7. The first kappa shape index (κ1) is 25.7. The van der Waals surface area contributed by atoms with Gasteiger partial charge in [-0.05, 0) is 65.8 Å². The van der Waals surface area contributed by atoms with Crippen LogP contribution in [-0.4, -0.2) is 53.3 Å². The number of amides is 1. The Balaban J connectivity index is 2.06. The van der Waals surface area contributed by atoms with Gasteiger partial charge < -0.3 is 9.73 Å². The molecule has 0 saturated heterocycles.